The molecule has 0 radical (unpaired) electrons. The topological polar surface area (TPSA) is 62.3 Å². The number of nitrogens with one attached hydrogen (secondary N) is 1. The molecule has 5 nitrogen and oxygen atoms in total. The zero-order chi connectivity index (χ0) is 17.6. The van der Waals surface area contributed by atoms with E-state index in [9.17, 15) is 9.59 Å². The van der Waals surface area contributed by atoms with Gasteiger partial charge in [0, 0.05) is 37.9 Å². The molecule has 0 unspecified atom stereocenters. The summed E-state index contributed by atoms with van der Waals surface area (Å²) in [4.78, 5) is 30.6. The lowest BCUT2D eigenvalue weighted by Crippen LogP contribution is -2.42. The molecule has 1 fully saturated rings. The van der Waals surface area contributed by atoms with Crippen molar-refractivity contribution in [3.8, 4) is 0 Å². The number of amides is 2. The Balaban J connectivity index is 1.47. The molecule has 2 aromatic rings. The fourth-order valence-electron chi connectivity index (χ4n) is 3.06. The summed E-state index contributed by atoms with van der Waals surface area (Å²) in [5, 5.41) is 3.01. The molecule has 0 atom stereocenters. The number of carbonyl (C=O) groups is 2. The van der Waals surface area contributed by atoms with Crippen molar-refractivity contribution in [3.63, 3.8) is 0 Å². The summed E-state index contributed by atoms with van der Waals surface area (Å²) >= 11 is 0. The largest absolute Gasteiger partial charge is 0.352 e. The molecule has 0 saturated carbocycles. The molecular weight excluding hydrogens is 314 g/mol. The van der Waals surface area contributed by atoms with Gasteiger partial charge < -0.3 is 10.2 Å². The summed E-state index contributed by atoms with van der Waals surface area (Å²) in [6.07, 6.45) is 4.64. The SMILES string of the molecule is Cc1ccc(CNC(=O)C2CCN(C(=O)c3cccnc3)CC2)cc1. The quantitative estimate of drug-likeness (QED) is 0.933. The van der Waals surface area contributed by atoms with Crippen LogP contribution in [0.1, 0.15) is 34.3 Å². The summed E-state index contributed by atoms with van der Waals surface area (Å²) in [5.41, 5.74) is 2.91. The van der Waals surface area contributed by atoms with Crippen LogP contribution in [0.25, 0.3) is 0 Å². The van der Waals surface area contributed by atoms with Gasteiger partial charge in [0.2, 0.25) is 5.91 Å². The van der Waals surface area contributed by atoms with Crippen molar-refractivity contribution in [3.05, 3.63) is 65.5 Å². The monoisotopic (exact) mass is 337 g/mol. The van der Waals surface area contributed by atoms with Crippen LogP contribution >= 0.6 is 0 Å². The van der Waals surface area contributed by atoms with E-state index in [0.29, 0.717) is 38.0 Å². The normalized spacial score (nSPS) is 15.0. The first-order valence-corrected chi connectivity index (χ1v) is 8.66. The number of rotatable bonds is 4. The number of benzene rings is 1. The third-order valence-corrected chi connectivity index (χ3v) is 4.65. The van der Waals surface area contributed by atoms with Gasteiger partial charge in [0.1, 0.15) is 0 Å². The molecule has 5 heteroatoms. The van der Waals surface area contributed by atoms with E-state index in [1.54, 1.807) is 29.4 Å². The van der Waals surface area contributed by atoms with Crippen LogP contribution in [0.3, 0.4) is 0 Å². The van der Waals surface area contributed by atoms with Crippen LogP contribution in [0, 0.1) is 12.8 Å². The molecular formula is C20H23N3O2. The molecule has 0 bridgehead atoms. The molecule has 2 amide bonds. The van der Waals surface area contributed by atoms with Crippen molar-refractivity contribution in [2.75, 3.05) is 13.1 Å². The number of nitrogens with zero attached hydrogens (tertiary/aromatic N) is 2. The van der Waals surface area contributed by atoms with Crippen LogP contribution in [0.5, 0.6) is 0 Å². The molecule has 1 N–H and O–H groups in total. The molecule has 2 heterocycles. The van der Waals surface area contributed by atoms with Gasteiger partial charge >= 0.3 is 0 Å². The van der Waals surface area contributed by atoms with E-state index in [1.807, 2.05) is 31.2 Å². The van der Waals surface area contributed by atoms with E-state index in [0.717, 1.165) is 5.56 Å². The highest BCUT2D eigenvalue weighted by molar-refractivity contribution is 5.94. The second-order valence-electron chi connectivity index (χ2n) is 6.51. The Hall–Kier alpha value is -2.69. The van der Waals surface area contributed by atoms with Crippen LogP contribution in [0.15, 0.2) is 48.8 Å². The van der Waals surface area contributed by atoms with Crippen LogP contribution in [0.2, 0.25) is 0 Å². The third-order valence-electron chi connectivity index (χ3n) is 4.65. The van der Waals surface area contributed by atoms with Crippen LogP contribution in [-0.2, 0) is 11.3 Å². The highest BCUT2D eigenvalue weighted by atomic mass is 16.2. The Kier molecular flexibility index (Phi) is 5.43. The molecule has 0 spiro atoms. The number of carbonyl (C=O) groups excluding carboxylic acids is 2. The fraction of sp³-hybridized carbons (Fsp3) is 0.350. The Bertz CT molecular complexity index is 720. The van der Waals surface area contributed by atoms with Gasteiger partial charge in [0.05, 0.1) is 5.56 Å². The number of aromatic nitrogens is 1. The second kappa shape index (κ2) is 7.92. The predicted octanol–water partition coefficient (Wildman–Crippen LogP) is 2.56. The number of aryl methyl sites for hydroxylation is 1. The minimum atomic E-state index is -0.0246. The minimum absolute atomic E-state index is 0.00777. The number of pyridine rings is 1. The predicted molar refractivity (Wildman–Crippen MR) is 95.9 cm³/mol. The van der Waals surface area contributed by atoms with Gasteiger partial charge in [-0.25, -0.2) is 0 Å². The maximum atomic E-state index is 12.4. The van der Waals surface area contributed by atoms with Gasteiger partial charge in [-0.2, -0.15) is 0 Å². The fourth-order valence-corrected chi connectivity index (χ4v) is 3.06. The lowest BCUT2D eigenvalue weighted by molar-refractivity contribution is -0.126. The summed E-state index contributed by atoms with van der Waals surface area (Å²) in [7, 11) is 0. The Labute approximate surface area is 148 Å². The van der Waals surface area contributed by atoms with Gasteiger partial charge in [-0.3, -0.25) is 14.6 Å². The molecule has 0 aliphatic carbocycles. The lowest BCUT2D eigenvalue weighted by Gasteiger charge is -2.31. The van der Waals surface area contributed by atoms with Gasteiger partial charge in [-0.1, -0.05) is 29.8 Å². The first-order chi connectivity index (χ1) is 12.1. The number of hydrogen-bond donors (Lipinski definition) is 1. The smallest absolute Gasteiger partial charge is 0.255 e. The van der Waals surface area contributed by atoms with E-state index in [2.05, 4.69) is 10.3 Å². The maximum Gasteiger partial charge on any atom is 0.255 e. The zero-order valence-electron chi connectivity index (χ0n) is 14.4. The molecule has 25 heavy (non-hydrogen) atoms. The van der Waals surface area contributed by atoms with Gasteiger partial charge in [-0.05, 0) is 37.5 Å². The summed E-state index contributed by atoms with van der Waals surface area (Å²) in [6.45, 7) is 3.81. The molecule has 1 saturated heterocycles. The molecule has 1 aliphatic rings. The average molecular weight is 337 g/mol. The Morgan fingerprint density at radius 2 is 1.88 bits per heavy atom. The summed E-state index contributed by atoms with van der Waals surface area (Å²) in [5.74, 6) is 0.0454. The summed E-state index contributed by atoms with van der Waals surface area (Å²) in [6, 6.07) is 11.7. The number of hydrogen-bond acceptors (Lipinski definition) is 3. The average Bonchev–Trinajstić information content (AvgIpc) is 2.67. The lowest BCUT2D eigenvalue weighted by atomic mass is 9.95. The van der Waals surface area contributed by atoms with E-state index in [-0.39, 0.29) is 17.7 Å². The minimum Gasteiger partial charge on any atom is -0.352 e. The van der Waals surface area contributed by atoms with Crippen molar-refractivity contribution in [1.82, 2.24) is 15.2 Å². The third kappa shape index (κ3) is 4.44. The Morgan fingerprint density at radius 3 is 2.52 bits per heavy atom. The van der Waals surface area contributed by atoms with Crippen molar-refractivity contribution in [2.45, 2.75) is 26.3 Å². The first kappa shape index (κ1) is 17.1. The highest BCUT2D eigenvalue weighted by Crippen LogP contribution is 2.19. The number of likely N-dealkylation sites (tertiary alicyclic amines) is 1. The van der Waals surface area contributed by atoms with Crippen LogP contribution < -0.4 is 5.32 Å². The summed E-state index contributed by atoms with van der Waals surface area (Å²) < 4.78 is 0. The van der Waals surface area contributed by atoms with Gasteiger partial charge in [0.25, 0.3) is 5.91 Å². The van der Waals surface area contributed by atoms with E-state index < -0.39 is 0 Å². The van der Waals surface area contributed by atoms with Crippen molar-refractivity contribution >= 4 is 11.8 Å². The number of piperidine rings is 1. The Morgan fingerprint density at radius 1 is 1.16 bits per heavy atom. The zero-order valence-corrected chi connectivity index (χ0v) is 14.4. The molecule has 1 aliphatic heterocycles. The van der Waals surface area contributed by atoms with E-state index >= 15 is 0 Å². The van der Waals surface area contributed by atoms with Crippen LogP contribution in [-0.4, -0.2) is 34.8 Å². The van der Waals surface area contributed by atoms with Gasteiger partial charge in [0.15, 0.2) is 0 Å². The molecule has 3 rings (SSSR count). The standard InChI is InChI=1S/C20H23N3O2/c1-15-4-6-16(7-5-15)13-22-19(24)17-8-11-23(12-9-17)20(25)18-3-2-10-21-14-18/h2-7,10,14,17H,8-9,11-13H2,1H3,(H,22,24). The van der Waals surface area contributed by atoms with Crippen LogP contribution in [0.4, 0.5) is 0 Å². The first-order valence-electron chi connectivity index (χ1n) is 8.66. The van der Waals surface area contributed by atoms with Crippen molar-refractivity contribution in [2.24, 2.45) is 5.92 Å². The van der Waals surface area contributed by atoms with E-state index in [4.69, 9.17) is 0 Å². The highest BCUT2D eigenvalue weighted by Gasteiger charge is 2.27. The second-order valence-corrected chi connectivity index (χ2v) is 6.51. The molecule has 1 aromatic carbocycles. The van der Waals surface area contributed by atoms with E-state index in [1.165, 1.54) is 5.56 Å². The van der Waals surface area contributed by atoms with Gasteiger partial charge in [-0.15, -0.1) is 0 Å². The van der Waals surface area contributed by atoms with Crippen molar-refractivity contribution in [1.29, 1.82) is 0 Å². The maximum absolute atomic E-state index is 12.4. The molecule has 130 valence electrons. The molecule has 1 aromatic heterocycles. The van der Waals surface area contributed by atoms with Crippen molar-refractivity contribution < 1.29 is 9.59 Å².